The molecule has 1 aliphatic heterocycles. The summed E-state index contributed by atoms with van der Waals surface area (Å²) in [6.45, 7) is 2.19. The van der Waals surface area contributed by atoms with Crippen molar-refractivity contribution in [2.45, 2.75) is 61.9 Å². The zero-order valence-electron chi connectivity index (χ0n) is 17.6. The molecule has 1 fully saturated rings. The van der Waals surface area contributed by atoms with Crippen molar-refractivity contribution in [3.63, 3.8) is 0 Å². The van der Waals surface area contributed by atoms with E-state index in [0.29, 0.717) is 11.4 Å². The zero-order valence-corrected chi connectivity index (χ0v) is 19.2. The molecule has 0 bridgehead atoms. The summed E-state index contributed by atoms with van der Waals surface area (Å²) in [6.07, 6.45) is 5.99. The Labute approximate surface area is 188 Å². The molecule has 1 unspecified atom stereocenters. The topological polar surface area (TPSA) is 92.5 Å². The Morgan fingerprint density at radius 1 is 1.16 bits per heavy atom. The van der Waals surface area contributed by atoms with Crippen molar-refractivity contribution in [3.8, 4) is 0 Å². The van der Waals surface area contributed by atoms with Crippen LogP contribution in [0.4, 0.5) is 5.69 Å². The second-order valence-corrected chi connectivity index (χ2v) is 10.7. The van der Waals surface area contributed by atoms with Gasteiger partial charge in [-0.15, -0.1) is 0 Å². The van der Waals surface area contributed by atoms with E-state index in [0.717, 1.165) is 42.5 Å². The lowest BCUT2D eigenvalue weighted by atomic mass is 9.76. The first-order valence-electron chi connectivity index (χ1n) is 10.7. The Morgan fingerprint density at radius 2 is 1.84 bits per heavy atom. The lowest BCUT2D eigenvalue weighted by Gasteiger charge is -2.39. The van der Waals surface area contributed by atoms with Gasteiger partial charge in [0.1, 0.15) is 0 Å². The number of nitrogens with zero attached hydrogens (tertiary/aromatic N) is 1. The molecular weight excluding hydrogens is 434 g/mol. The van der Waals surface area contributed by atoms with Crippen LogP contribution in [-0.4, -0.2) is 26.9 Å². The molecule has 166 valence electrons. The standard InChI is InChI=1S/C23H28ClN3O3S/c1-16-13-17-14-20(31(25,29)30)9-10-21(17)27(16)22(28)15-26-23(11-3-2-4-12-23)18-5-7-19(24)8-6-18/h5-10,14,16,26H,2-4,11-13,15H2,1H3,(H2,25,29,30). The van der Waals surface area contributed by atoms with Crippen LogP contribution < -0.4 is 15.4 Å². The highest BCUT2D eigenvalue weighted by Crippen LogP contribution is 2.38. The minimum absolute atomic E-state index is 0.0199. The van der Waals surface area contributed by atoms with E-state index in [4.69, 9.17) is 16.7 Å². The fourth-order valence-corrected chi connectivity index (χ4v) is 5.68. The maximum atomic E-state index is 13.3. The molecule has 4 rings (SSSR count). The van der Waals surface area contributed by atoms with Crippen LogP contribution in [0.1, 0.15) is 50.2 Å². The fraction of sp³-hybridized carbons (Fsp3) is 0.435. The highest BCUT2D eigenvalue weighted by atomic mass is 35.5. The first-order chi connectivity index (χ1) is 14.7. The summed E-state index contributed by atoms with van der Waals surface area (Å²) in [7, 11) is -3.77. The molecule has 1 aliphatic carbocycles. The van der Waals surface area contributed by atoms with E-state index in [1.54, 1.807) is 17.0 Å². The van der Waals surface area contributed by atoms with Gasteiger partial charge >= 0.3 is 0 Å². The van der Waals surface area contributed by atoms with E-state index in [2.05, 4.69) is 5.32 Å². The number of nitrogens with two attached hydrogens (primary N) is 1. The summed E-state index contributed by atoms with van der Waals surface area (Å²) >= 11 is 6.09. The number of nitrogens with one attached hydrogen (secondary N) is 1. The highest BCUT2D eigenvalue weighted by Gasteiger charge is 2.36. The number of hydrogen-bond acceptors (Lipinski definition) is 4. The van der Waals surface area contributed by atoms with Crippen LogP contribution >= 0.6 is 11.6 Å². The molecule has 2 aromatic rings. The number of rotatable bonds is 5. The van der Waals surface area contributed by atoms with Crippen molar-refractivity contribution in [1.29, 1.82) is 0 Å². The summed E-state index contributed by atoms with van der Waals surface area (Å²) in [5.41, 5.74) is 2.52. The Bertz CT molecular complexity index is 1080. The van der Waals surface area contributed by atoms with Crippen LogP contribution in [0.3, 0.4) is 0 Å². The molecule has 2 aliphatic rings. The van der Waals surface area contributed by atoms with E-state index < -0.39 is 10.0 Å². The average Bonchev–Trinajstić information content (AvgIpc) is 3.07. The molecule has 6 nitrogen and oxygen atoms in total. The van der Waals surface area contributed by atoms with Gasteiger partial charge in [0.15, 0.2) is 0 Å². The van der Waals surface area contributed by atoms with E-state index in [9.17, 15) is 13.2 Å². The molecule has 1 saturated carbocycles. The van der Waals surface area contributed by atoms with Crippen LogP contribution in [0.25, 0.3) is 0 Å². The minimum atomic E-state index is -3.77. The fourth-order valence-electron chi connectivity index (χ4n) is 4.99. The van der Waals surface area contributed by atoms with Gasteiger partial charge in [-0.25, -0.2) is 13.6 Å². The molecule has 0 saturated heterocycles. The first-order valence-corrected chi connectivity index (χ1v) is 12.6. The summed E-state index contributed by atoms with van der Waals surface area (Å²) in [6, 6.07) is 12.6. The number of benzene rings is 2. The second kappa shape index (κ2) is 8.54. The highest BCUT2D eigenvalue weighted by molar-refractivity contribution is 7.89. The zero-order chi connectivity index (χ0) is 22.2. The normalized spacial score (nSPS) is 20.5. The SMILES string of the molecule is CC1Cc2cc(S(N)(=O)=O)ccc2N1C(=O)CNC1(c2ccc(Cl)cc2)CCCCC1. The predicted octanol–water partition coefficient (Wildman–Crippen LogP) is 3.71. The molecule has 0 spiro atoms. The Hall–Kier alpha value is -1.93. The first kappa shape index (κ1) is 22.3. The molecule has 8 heteroatoms. The molecule has 1 heterocycles. The number of carbonyl (C=O) groups is 1. The predicted molar refractivity (Wildman–Crippen MR) is 123 cm³/mol. The number of hydrogen-bond donors (Lipinski definition) is 2. The number of carbonyl (C=O) groups excluding carboxylic acids is 1. The third kappa shape index (κ3) is 4.51. The molecule has 31 heavy (non-hydrogen) atoms. The Morgan fingerprint density at radius 3 is 2.48 bits per heavy atom. The lowest BCUT2D eigenvalue weighted by molar-refractivity contribution is -0.118. The van der Waals surface area contributed by atoms with Gasteiger partial charge in [-0.1, -0.05) is 43.0 Å². The summed E-state index contributed by atoms with van der Waals surface area (Å²) in [5.74, 6) is -0.0199. The van der Waals surface area contributed by atoms with Gasteiger partial charge in [-0.2, -0.15) is 0 Å². The number of sulfonamides is 1. The summed E-state index contributed by atoms with van der Waals surface area (Å²) in [5, 5.41) is 9.55. The lowest BCUT2D eigenvalue weighted by Crippen LogP contribution is -2.50. The van der Waals surface area contributed by atoms with E-state index in [1.165, 1.54) is 12.5 Å². The second-order valence-electron chi connectivity index (χ2n) is 8.66. The van der Waals surface area contributed by atoms with Crippen LogP contribution in [0.2, 0.25) is 5.02 Å². The third-order valence-electron chi connectivity index (χ3n) is 6.55. The van der Waals surface area contributed by atoms with Gasteiger partial charge in [-0.05, 0) is 67.6 Å². The van der Waals surface area contributed by atoms with E-state index >= 15 is 0 Å². The van der Waals surface area contributed by atoms with Gasteiger partial charge in [0.25, 0.3) is 0 Å². The van der Waals surface area contributed by atoms with Gasteiger partial charge in [0.2, 0.25) is 15.9 Å². The maximum absolute atomic E-state index is 13.3. The van der Waals surface area contributed by atoms with Crippen molar-refractivity contribution in [2.24, 2.45) is 5.14 Å². The molecule has 0 radical (unpaired) electrons. The van der Waals surface area contributed by atoms with E-state index in [-0.39, 0.29) is 28.9 Å². The molecular formula is C23H28ClN3O3S. The number of primary sulfonamides is 1. The Balaban J connectivity index is 1.54. The molecule has 3 N–H and O–H groups in total. The average molecular weight is 462 g/mol. The number of halogens is 1. The monoisotopic (exact) mass is 461 g/mol. The Kier molecular flexibility index (Phi) is 6.14. The van der Waals surface area contributed by atoms with Gasteiger partial charge in [0, 0.05) is 22.3 Å². The largest absolute Gasteiger partial charge is 0.308 e. The van der Waals surface area contributed by atoms with Crippen LogP contribution in [0.5, 0.6) is 0 Å². The quantitative estimate of drug-likeness (QED) is 0.709. The third-order valence-corrected chi connectivity index (χ3v) is 7.71. The summed E-state index contributed by atoms with van der Waals surface area (Å²) < 4.78 is 23.4. The number of fused-ring (bicyclic) bond motifs is 1. The van der Waals surface area contributed by atoms with Crippen molar-refractivity contribution in [3.05, 3.63) is 58.6 Å². The minimum Gasteiger partial charge on any atom is -0.308 e. The van der Waals surface area contributed by atoms with Gasteiger partial charge in [0.05, 0.1) is 11.4 Å². The number of amides is 1. The smallest absolute Gasteiger partial charge is 0.241 e. The van der Waals surface area contributed by atoms with Crippen LogP contribution in [0, 0.1) is 0 Å². The van der Waals surface area contributed by atoms with Crippen molar-refractivity contribution < 1.29 is 13.2 Å². The van der Waals surface area contributed by atoms with Crippen molar-refractivity contribution in [2.75, 3.05) is 11.4 Å². The van der Waals surface area contributed by atoms with Crippen molar-refractivity contribution in [1.82, 2.24) is 5.32 Å². The molecule has 1 atom stereocenters. The van der Waals surface area contributed by atoms with Gasteiger partial charge < -0.3 is 4.90 Å². The van der Waals surface area contributed by atoms with Crippen LogP contribution in [0.15, 0.2) is 47.4 Å². The maximum Gasteiger partial charge on any atom is 0.241 e. The number of anilines is 1. The molecule has 2 aromatic carbocycles. The van der Waals surface area contributed by atoms with E-state index in [1.807, 2.05) is 31.2 Å². The summed E-state index contributed by atoms with van der Waals surface area (Å²) in [4.78, 5) is 15.1. The molecule has 1 amide bonds. The van der Waals surface area contributed by atoms with Crippen LogP contribution in [-0.2, 0) is 26.8 Å². The van der Waals surface area contributed by atoms with Crippen molar-refractivity contribution >= 4 is 33.2 Å². The van der Waals surface area contributed by atoms with Gasteiger partial charge in [-0.3, -0.25) is 10.1 Å². The molecule has 0 aromatic heterocycles.